The molecule has 26 heteroatoms. The molecule has 1 saturated heterocycles. The van der Waals surface area contributed by atoms with E-state index in [1.807, 2.05) is 10.6 Å². The summed E-state index contributed by atoms with van der Waals surface area (Å²) in [6, 6.07) is 0.829. The molecule has 348 valence electrons. The molecule has 0 aliphatic carbocycles. The van der Waals surface area contributed by atoms with Gasteiger partial charge in [0.15, 0.2) is 22.4 Å². The van der Waals surface area contributed by atoms with Gasteiger partial charge in [-0.2, -0.15) is 52.7 Å². The van der Waals surface area contributed by atoms with Crippen LogP contribution in [0, 0.1) is 0 Å². The van der Waals surface area contributed by atoms with Gasteiger partial charge in [0.1, 0.15) is 12.2 Å². The first-order valence-corrected chi connectivity index (χ1v) is 19.8. The van der Waals surface area contributed by atoms with Gasteiger partial charge in [-0.05, 0) is 36.4 Å². The van der Waals surface area contributed by atoms with Crippen molar-refractivity contribution in [2.75, 3.05) is 75.0 Å². The SMILES string of the molecule is CC(=O)SC[C@H]1OCCOCCO[C@H](C(=O)Nc2cc(C(F)(F)F)cc(C(F)(F)F)c2)[C@@H](CSC(C)=O)OCCOCCO[C@@H]1C(=O)Nc1cc(C(F)(F)F)cc(C(F)(F)F)c1. The quantitative estimate of drug-likeness (QED) is 0.253. The van der Waals surface area contributed by atoms with Crippen molar-refractivity contribution in [2.24, 2.45) is 0 Å². The third-order valence-electron chi connectivity index (χ3n) is 7.97. The molecular formula is C36H38F12N2O10S2. The Bertz CT molecular complexity index is 1640. The number of ether oxygens (including phenoxy) is 6. The van der Waals surface area contributed by atoms with Crippen molar-refractivity contribution < 1.29 is 100 Å². The highest BCUT2D eigenvalue weighted by atomic mass is 32.2. The highest BCUT2D eigenvalue weighted by molar-refractivity contribution is 8.13. The normalized spacial score (nSPS) is 21.0. The molecule has 0 unspecified atom stereocenters. The molecule has 2 amide bonds. The minimum absolute atomic E-state index is 0.139. The number of benzene rings is 2. The lowest BCUT2D eigenvalue weighted by Crippen LogP contribution is -2.45. The lowest BCUT2D eigenvalue weighted by molar-refractivity contribution is -0.146. The second kappa shape index (κ2) is 23.3. The Balaban J connectivity index is 1.85. The highest BCUT2D eigenvalue weighted by Crippen LogP contribution is 2.39. The van der Waals surface area contributed by atoms with Crippen LogP contribution in [-0.2, 0) is 72.3 Å². The maximum Gasteiger partial charge on any atom is 0.416 e. The molecule has 2 N–H and O–H groups in total. The molecule has 12 nitrogen and oxygen atoms in total. The van der Waals surface area contributed by atoms with E-state index in [1.165, 1.54) is 0 Å². The summed E-state index contributed by atoms with van der Waals surface area (Å²) in [5.74, 6) is -3.13. The smallest absolute Gasteiger partial charge is 0.377 e. The lowest BCUT2D eigenvalue weighted by atomic mass is 10.1. The van der Waals surface area contributed by atoms with E-state index in [0.29, 0.717) is 23.5 Å². The van der Waals surface area contributed by atoms with E-state index in [1.54, 1.807) is 0 Å². The molecule has 0 bridgehead atoms. The maximum absolute atomic E-state index is 13.5. The monoisotopic (exact) mass is 950 g/mol. The number of halogens is 12. The van der Waals surface area contributed by atoms with E-state index >= 15 is 0 Å². The summed E-state index contributed by atoms with van der Waals surface area (Å²) >= 11 is 1.29. The Labute approximate surface area is 353 Å². The number of rotatable bonds is 8. The van der Waals surface area contributed by atoms with Crippen LogP contribution < -0.4 is 10.6 Å². The Hall–Kier alpha value is -3.66. The number of thioether (sulfide) groups is 2. The number of carbonyl (C=O) groups excluding carboxylic acids is 4. The first-order valence-electron chi connectivity index (χ1n) is 17.8. The van der Waals surface area contributed by atoms with E-state index in [0.717, 1.165) is 13.8 Å². The number of carbonyl (C=O) groups is 4. The fourth-order valence-corrected chi connectivity index (χ4v) is 6.56. The van der Waals surface area contributed by atoms with Gasteiger partial charge in [-0.15, -0.1) is 0 Å². The van der Waals surface area contributed by atoms with Crippen molar-refractivity contribution in [1.82, 2.24) is 0 Å². The van der Waals surface area contributed by atoms with E-state index in [4.69, 9.17) is 28.4 Å². The van der Waals surface area contributed by atoms with Gasteiger partial charge >= 0.3 is 24.7 Å². The van der Waals surface area contributed by atoms with E-state index in [-0.39, 0.29) is 74.3 Å². The zero-order valence-corrected chi connectivity index (χ0v) is 33.9. The summed E-state index contributed by atoms with van der Waals surface area (Å²) in [7, 11) is 0. The van der Waals surface area contributed by atoms with Crippen LogP contribution in [0.1, 0.15) is 36.1 Å². The van der Waals surface area contributed by atoms with Gasteiger partial charge in [0.2, 0.25) is 0 Å². The van der Waals surface area contributed by atoms with Crippen LogP contribution in [0.25, 0.3) is 0 Å². The minimum Gasteiger partial charge on any atom is -0.377 e. The predicted octanol–water partition coefficient (Wildman–Crippen LogP) is 7.49. The Morgan fingerprint density at radius 3 is 1.02 bits per heavy atom. The maximum atomic E-state index is 13.5. The molecule has 1 aliphatic heterocycles. The predicted molar refractivity (Wildman–Crippen MR) is 197 cm³/mol. The average molecular weight is 951 g/mol. The summed E-state index contributed by atoms with van der Waals surface area (Å²) in [5, 5.41) is 3.04. The van der Waals surface area contributed by atoms with Gasteiger partial charge in [0, 0.05) is 36.7 Å². The summed E-state index contributed by atoms with van der Waals surface area (Å²) in [5.41, 5.74) is -8.63. The molecule has 1 fully saturated rings. The first-order chi connectivity index (χ1) is 28.8. The van der Waals surface area contributed by atoms with Crippen molar-refractivity contribution in [3.63, 3.8) is 0 Å². The van der Waals surface area contributed by atoms with Gasteiger partial charge in [-0.1, -0.05) is 23.5 Å². The molecule has 3 rings (SSSR count). The van der Waals surface area contributed by atoms with Crippen LogP contribution in [0.3, 0.4) is 0 Å². The first kappa shape index (κ1) is 52.7. The van der Waals surface area contributed by atoms with E-state index in [2.05, 4.69) is 0 Å². The number of alkyl halides is 12. The molecule has 2 aromatic rings. The molecule has 0 spiro atoms. The molecule has 62 heavy (non-hydrogen) atoms. The van der Waals surface area contributed by atoms with Crippen molar-refractivity contribution in [3.05, 3.63) is 58.7 Å². The van der Waals surface area contributed by atoms with E-state index in [9.17, 15) is 71.9 Å². The van der Waals surface area contributed by atoms with Gasteiger partial charge in [-0.3, -0.25) is 19.2 Å². The van der Waals surface area contributed by atoms with Crippen LogP contribution in [0.15, 0.2) is 36.4 Å². The molecule has 4 atom stereocenters. The largest absolute Gasteiger partial charge is 0.416 e. The van der Waals surface area contributed by atoms with Crippen molar-refractivity contribution >= 4 is 56.9 Å². The highest BCUT2D eigenvalue weighted by Gasteiger charge is 2.40. The number of hydrogen-bond donors (Lipinski definition) is 2. The second-order valence-electron chi connectivity index (χ2n) is 12.8. The summed E-state index contributed by atoms with van der Waals surface area (Å²) in [4.78, 5) is 50.7. The van der Waals surface area contributed by atoms with Gasteiger partial charge in [0.25, 0.3) is 11.8 Å². The fourth-order valence-electron chi connectivity index (χ4n) is 5.22. The molecule has 0 radical (unpaired) electrons. The Morgan fingerprint density at radius 2 is 0.758 bits per heavy atom. The third-order valence-corrected chi connectivity index (χ3v) is 9.78. The zero-order valence-electron chi connectivity index (χ0n) is 32.3. The number of hydrogen-bond acceptors (Lipinski definition) is 12. The Kier molecular flexibility index (Phi) is 19.8. The van der Waals surface area contributed by atoms with Crippen LogP contribution in [0.4, 0.5) is 64.1 Å². The molecule has 1 heterocycles. The minimum atomic E-state index is -5.23. The van der Waals surface area contributed by atoms with E-state index < -0.39 is 131 Å². The van der Waals surface area contributed by atoms with Crippen molar-refractivity contribution in [3.8, 4) is 0 Å². The zero-order chi connectivity index (χ0) is 46.5. The summed E-state index contributed by atoms with van der Waals surface area (Å²) in [6.07, 6.45) is -27.3. The van der Waals surface area contributed by atoms with Crippen LogP contribution >= 0.6 is 23.5 Å². The van der Waals surface area contributed by atoms with Crippen molar-refractivity contribution in [2.45, 2.75) is 63.0 Å². The fraction of sp³-hybridized carbons (Fsp3) is 0.556. The van der Waals surface area contributed by atoms with Crippen LogP contribution in [-0.4, -0.2) is 111 Å². The lowest BCUT2D eigenvalue weighted by Gasteiger charge is -2.28. The number of amides is 2. The molecule has 1 aliphatic rings. The average Bonchev–Trinajstić information content (AvgIpc) is 3.14. The van der Waals surface area contributed by atoms with Crippen molar-refractivity contribution in [1.29, 1.82) is 0 Å². The summed E-state index contributed by atoms with van der Waals surface area (Å²) < 4.78 is 196. The molecular weight excluding hydrogens is 913 g/mol. The number of nitrogens with one attached hydrogen (secondary N) is 2. The standard InChI is InChI=1S/C36H38F12N2O10S2/c1-19(51)61-17-27-29(31(53)49-25-13-21(33(37,38)39)11-22(14-25)34(40,41)42)59-9-5-56-4-8-58-28(18-62-20(2)52)30(60-10-6-55-3-7-57-27)32(54)50-26-15-23(35(43,44)45)12-24(16-26)36(46,47)48/h11-16,27-30H,3-10,17-18H2,1-2H3,(H,49,53)(H,50,54)/t27-,28-,29+,30+/m1/s1. The van der Waals surface area contributed by atoms with Crippen LogP contribution in [0.2, 0.25) is 0 Å². The second-order valence-corrected chi connectivity index (χ2v) is 15.2. The Morgan fingerprint density at radius 1 is 0.484 bits per heavy atom. The molecule has 0 saturated carbocycles. The molecule has 0 aromatic heterocycles. The van der Waals surface area contributed by atoms with Crippen LogP contribution in [0.5, 0.6) is 0 Å². The topological polar surface area (TPSA) is 148 Å². The van der Waals surface area contributed by atoms with Gasteiger partial charge in [-0.25, -0.2) is 0 Å². The molecule has 2 aromatic carbocycles. The van der Waals surface area contributed by atoms with Gasteiger partial charge < -0.3 is 39.1 Å². The third kappa shape index (κ3) is 17.8. The number of anilines is 2. The van der Waals surface area contributed by atoms with Gasteiger partial charge in [0.05, 0.1) is 75.1 Å². The summed E-state index contributed by atoms with van der Waals surface area (Å²) in [6.45, 7) is -0.805.